The zero-order valence-electron chi connectivity index (χ0n) is 14.4. The number of nitrogens with zero attached hydrogens (tertiary/aromatic N) is 2. The fraction of sp³-hybridized carbons (Fsp3) is 0.263. The van der Waals surface area contributed by atoms with Gasteiger partial charge in [0.25, 0.3) is 0 Å². The molecule has 1 aromatic heterocycles. The molecule has 124 valence electrons. The molecule has 3 aromatic rings. The number of carbonyl (C=O) groups is 1. The van der Waals surface area contributed by atoms with Crippen molar-refractivity contribution in [3.63, 3.8) is 0 Å². The molecule has 0 aliphatic heterocycles. The first-order valence-corrected chi connectivity index (χ1v) is 8.70. The van der Waals surface area contributed by atoms with Crippen molar-refractivity contribution in [1.29, 1.82) is 0 Å². The maximum Gasteiger partial charge on any atom is 0.243 e. The third-order valence-electron chi connectivity index (χ3n) is 3.97. The van der Waals surface area contributed by atoms with Crippen LogP contribution in [0, 0.1) is 20.8 Å². The number of anilines is 2. The van der Waals surface area contributed by atoms with Crippen LogP contribution in [0.1, 0.15) is 16.7 Å². The molecular formula is C19H21N3OS. The minimum Gasteiger partial charge on any atom is -0.342 e. The Hall–Kier alpha value is -2.40. The number of rotatable bonds is 4. The van der Waals surface area contributed by atoms with Gasteiger partial charge in [-0.25, -0.2) is 4.98 Å². The number of hydrogen-bond donors (Lipinski definition) is 1. The highest BCUT2D eigenvalue weighted by Crippen LogP contribution is 2.32. The summed E-state index contributed by atoms with van der Waals surface area (Å²) < 4.78 is 1.19. The second kappa shape index (κ2) is 6.61. The molecule has 0 radical (unpaired) electrons. The van der Waals surface area contributed by atoms with Gasteiger partial charge < -0.3 is 10.2 Å². The Morgan fingerprint density at radius 3 is 2.42 bits per heavy atom. The lowest BCUT2D eigenvalue weighted by molar-refractivity contribution is -0.114. The van der Waals surface area contributed by atoms with Gasteiger partial charge in [0.1, 0.15) is 0 Å². The van der Waals surface area contributed by atoms with Crippen LogP contribution in [-0.4, -0.2) is 24.5 Å². The molecule has 0 aliphatic carbocycles. The second-order valence-electron chi connectivity index (χ2n) is 6.14. The molecule has 1 amide bonds. The first-order chi connectivity index (χ1) is 11.4. The normalized spacial score (nSPS) is 10.8. The highest BCUT2D eigenvalue weighted by Gasteiger charge is 2.14. The summed E-state index contributed by atoms with van der Waals surface area (Å²) in [5, 5.41) is 3.79. The minimum absolute atomic E-state index is 0.0472. The summed E-state index contributed by atoms with van der Waals surface area (Å²) in [5.74, 6) is -0.0472. The maximum absolute atomic E-state index is 12.3. The molecule has 0 fully saturated rings. The molecule has 0 unspecified atom stereocenters. The standard InChI is InChI=1S/C19H21N3OS/c1-12-5-9-15(10-6-12)20-16(23)11-22(4)19-21-17-13(2)7-8-14(3)18(17)24-19/h5-10H,11H2,1-4H3,(H,20,23). The van der Waals surface area contributed by atoms with Crippen LogP contribution < -0.4 is 10.2 Å². The van der Waals surface area contributed by atoms with Gasteiger partial charge in [-0.05, 0) is 44.0 Å². The molecule has 0 spiro atoms. The van der Waals surface area contributed by atoms with E-state index in [9.17, 15) is 4.79 Å². The van der Waals surface area contributed by atoms with Crippen molar-refractivity contribution in [3.05, 3.63) is 53.1 Å². The molecule has 24 heavy (non-hydrogen) atoms. The molecule has 4 nitrogen and oxygen atoms in total. The van der Waals surface area contributed by atoms with Crippen LogP contribution in [-0.2, 0) is 4.79 Å². The van der Waals surface area contributed by atoms with E-state index < -0.39 is 0 Å². The number of amides is 1. The fourth-order valence-electron chi connectivity index (χ4n) is 2.53. The van der Waals surface area contributed by atoms with Crippen LogP contribution in [0.4, 0.5) is 10.8 Å². The third kappa shape index (κ3) is 3.41. The van der Waals surface area contributed by atoms with E-state index in [1.165, 1.54) is 15.8 Å². The number of benzene rings is 2. The number of hydrogen-bond acceptors (Lipinski definition) is 4. The van der Waals surface area contributed by atoms with Crippen molar-refractivity contribution in [2.45, 2.75) is 20.8 Å². The van der Waals surface area contributed by atoms with Crippen molar-refractivity contribution in [3.8, 4) is 0 Å². The van der Waals surface area contributed by atoms with Crippen molar-refractivity contribution in [2.24, 2.45) is 0 Å². The number of thiazole rings is 1. The van der Waals surface area contributed by atoms with E-state index in [0.29, 0.717) is 0 Å². The van der Waals surface area contributed by atoms with E-state index in [1.54, 1.807) is 11.3 Å². The lowest BCUT2D eigenvalue weighted by Gasteiger charge is -2.15. The van der Waals surface area contributed by atoms with Crippen LogP contribution >= 0.6 is 11.3 Å². The van der Waals surface area contributed by atoms with Gasteiger partial charge in [-0.1, -0.05) is 41.2 Å². The minimum atomic E-state index is -0.0472. The molecular weight excluding hydrogens is 318 g/mol. The largest absolute Gasteiger partial charge is 0.342 e. The van der Waals surface area contributed by atoms with E-state index in [-0.39, 0.29) is 12.5 Å². The Balaban J connectivity index is 1.73. The summed E-state index contributed by atoms with van der Waals surface area (Å²) in [7, 11) is 1.90. The quantitative estimate of drug-likeness (QED) is 0.771. The molecule has 1 heterocycles. The molecule has 0 aliphatic rings. The van der Waals surface area contributed by atoms with Gasteiger partial charge >= 0.3 is 0 Å². The van der Waals surface area contributed by atoms with Gasteiger partial charge in [-0.2, -0.15) is 0 Å². The predicted molar refractivity (Wildman–Crippen MR) is 102 cm³/mol. The number of fused-ring (bicyclic) bond motifs is 1. The molecule has 0 bridgehead atoms. The van der Waals surface area contributed by atoms with Crippen molar-refractivity contribution in [2.75, 3.05) is 23.8 Å². The van der Waals surface area contributed by atoms with Crippen LogP contribution in [0.25, 0.3) is 10.2 Å². The Morgan fingerprint density at radius 1 is 1.08 bits per heavy atom. The molecule has 0 saturated heterocycles. The van der Waals surface area contributed by atoms with Crippen LogP contribution in [0.5, 0.6) is 0 Å². The van der Waals surface area contributed by atoms with E-state index >= 15 is 0 Å². The van der Waals surface area contributed by atoms with E-state index in [0.717, 1.165) is 21.9 Å². The number of carbonyl (C=O) groups excluding carboxylic acids is 1. The second-order valence-corrected chi connectivity index (χ2v) is 7.12. The lowest BCUT2D eigenvalue weighted by atomic mass is 10.1. The highest BCUT2D eigenvalue weighted by molar-refractivity contribution is 7.22. The lowest BCUT2D eigenvalue weighted by Crippen LogP contribution is -2.29. The fourth-order valence-corrected chi connectivity index (χ4v) is 3.60. The number of aromatic nitrogens is 1. The van der Waals surface area contributed by atoms with Gasteiger partial charge in [-0.15, -0.1) is 0 Å². The monoisotopic (exact) mass is 339 g/mol. The maximum atomic E-state index is 12.3. The SMILES string of the molecule is Cc1ccc(NC(=O)CN(C)c2nc3c(C)ccc(C)c3s2)cc1. The summed E-state index contributed by atoms with van der Waals surface area (Å²) >= 11 is 1.63. The van der Waals surface area contributed by atoms with E-state index in [1.807, 2.05) is 43.1 Å². The zero-order chi connectivity index (χ0) is 17.3. The summed E-state index contributed by atoms with van der Waals surface area (Å²) in [6.07, 6.45) is 0. The first kappa shape index (κ1) is 16.5. The van der Waals surface area contributed by atoms with Crippen LogP contribution in [0.15, 0.2) is 36.4 Å². The summed E-state index contributed by atoms with van der Waals surface area (Å²) in [4.78, 5) is 18.9. The van der Waals surface area contributed by atoms with Gasteiger partial charge in [0, 0.05) is 12.7 Å². The zero-order valence-corrected chi connectivity index (χ0v) is 15.2. The molecule has 3 rings (SSSR count). The smallest absolute Gasteiger partial charge is 0.243 e. The van der Waals surface area contributed by atoms with Crippen LogP contribution in [0.3, 0.4) is 0 Å². The number of nitrogens with one attached hydrogen (secondary N) is 1. The molecule has 2 aromatic carbocycles. The Morgan fingerprint density at radius 2 is 1.75 bits per heavy atom. The van der Waals surface area contributed by atoms with E-state index in [2.05, 4.69) is 31.3 Å². The number of likely N-dealkylation sites (N-methyl/N-ethyl adjacent to an activating group) is 1. The predicted octanol–water partition coefficient (Wildman–Crippen LogP) is 4.30. The summed E-state index contributed by atoms with van der Waals surface area (Å²) in [6.45, 7) is 6.45. The van der Waals surface area contributed by atoms with Crippen molar-refractivity contribution < 1.29 is 4.79 Å². The van der Waals surface area contributed by atoms with Gasteiger partial charge in [0.05, 0.1) is 16.8 Å². The van der Waals surface area contributed by atoms with Gasteiger partial charge in [0.2, 0.25) is 5.91 Å². The van der Waals surface area contributed by atoms with E-state index in [4.69, 9.17) is 4.98 Å². The highest BCUT2D eigenvalue weighted by atomic mass is 32.1. The summed E-state index contributed by atoms with van der Waals surface area (Å²) in [6, 6.07) is 12.0. The molecule has 0 atom stereocenters. The topological polar surface area (TPSA) is 45.2 Å². The van der Waals surface area contributed by atoms with Crippen molar-refractivity contribution in [1.82, 2.24) is 4.98 Å². The molecule has 5 heteroatoms. The van der Waals surface area contributed by atoms with Gasteiger partial charge in [-0.3, -0.25) is 4.79 Å². The first-order valence-electron chi connectivity index (χ1n) is 7.88. The third-order valence-corrected chi connectivity index (χ3v) is 5.28. The number of aryl methyl sites for hydroxylation is 3. The molecule has 0 saturated carbocycles. The van der Waals surface area contributed by atoms with Crippen LogP contribution in [0.2, 0.25) is 0 Å². The average molecular weight is 339 g/mol. The van der Waals surface area contributed by atoms with Crippen molar-refractivity contribution >= 4 is 38.3 Å². The Bertz CT molecular complexity index is 845. The van der Waals surface area contributed by atoms with Gasteiger partial charge in [0.15, 0.2) is 5.13 Å². The molecule has 1 N–H and O–H groups in total. The summed E-state index contributed by atoms with van der Waals surface area (Å²) in [5.41, 5.74) is 5.40. The average Bonchev–Trinajstić information content (AvgIpc) is 3.00. The Labute approximate surface area is 146 Å². The Kier molecular flexibility index (Phi) is 4.53.